The molecule has 2 aromatic rings. The molecule has 0 fully saturated rings. The number of nitrogens with zero attached hydrogens (tertiary/aromatic N) is 1. The molecule has 0 atom stereocenters. The third kappa shape index (κ3) is 5.31. The number of carbonyl (C=O) groups excluding carboxylic acids is 1. The lowest BCUT2D eigenvalue weighted by Gasteiger charge is -2.13. The van der Waals surface area contributed by atoms with E-state index in [1.807, 2.05) is 45.0 Å². The van der Waals surface area contributed by atoms with Gasteiger partial charge in [-0.15, -0.1) is 0 Å². The molecule has 0 aliphatic heterocycles. The van der Waals surface area contributed by atoms with Gasteiger partial charge in [0, 0.05) is 23.1 Å². The van der Waals surface area contributed by atoms with Crippen LogP contribution in [0.2, 0.25) is 0 Å². The normalized spacial score (nSPS) is 14.7. The van der Waals surface area contributed by atoms with Gasteiger partial charge >= 0.3 is 0 Å². The van der Waals surface area contributed by atoms with Gasteiger partial charge in [0.1, 0.15) is 0 Å². The fraction of sp³-hybridized carbons (Fsp3) is 0.385. The smallest absolute Gasteiger partial charge is 0.203 e. The summed E-state index contributed by atoms with van der Waals surface area (Å²) in [6.45, 7) is 8.11. The predicted molar refractivity (Wildman–Crippen MR) is 129 cm³/mol. The Bertz CT molecular complexity index is 1000. The van der Waals surface area contributed by atoms with Gasteiger partial charge in [0.25, 0.3) is 0 Å². The van der Waals surface area contributed by atoms with Crippen molar-refractivity contribution < 1.29 is 19.0 Å². The molecule has 32 heavy (non-hydrogen) atoms. The molecule has 0 amide bonds. The van der Waals surface area contributed by atoms with Gasteiger partial charge in [0.05, 0.1) is 32.7 Å². The summed E-state index contributed by atoms with van der Waals surface area (Å²) in [4.78, 5) is 12.8. The zero-order valence-electron chi connectivity index (χ0n) is 20.2. The third-order valence-corrected chi connectivity index (χ3v) is 5.13. The van der Waals surface area contributed by atoms with Crippen LogP contribution in [-0.4, -0.2) is 37.3 Å². The molecule has 1 aromatic carbocycles. The molecule has 172 valence electrons. The first-order chi connectivity index (χ1) is 15.6. The highest BCUT2D eigenvalue weighted by molar-refractivity contribution is 6.14. The summed E-state index contributed by atoms with van der Waals surface area (Å²) in [7, 11) is 4.73. The maximum Gasteiger partial charge on any atom is 0.203 e. The van der Waals surface area contributed by atoms with Gasteiger partial charge in [-0.3, -0.25) is 9.89 Å². The van der Waals surface area contributed by atoms with Crippen molar-refractivity contribution >= 4 is 11.9 Å². The number of hydrogen-bond acceptors (Lipinski definition) is 5. The van der Waals surface area contributed by atoms with Crippen molar-refractivity contribution in [3.05, 3.63) is 52.8 Å². The molecule has 6 nitrogen and oxygen atoms in total. The highest BCUT2D eigenvalue weighted by Crippen LogP contribution is 2.41. The van der Waals surface area contributed by atoms with Crippen molar-refractivity contribution in [1.82, 2.24) is 10.2 Å². The molecule has 1 heterocycles. The number of ketones is 1. The summed E-state index contributed by atoms with van der Waals surface area (Å²) in [6, 6.07) is 5.60. The van der Waals surface area contributed by atoms with Gasteiger partial charge in [0.15, 0.2) is 17.3 Å². The van der Waals surface area contributed by atoms with E-state index in [0.717, 1.165) is 46.5 Å². The summed E-state index contributed by atoms with van der Waals surface area (Å²) in [5, 5.41) is 7.43. The van der Waals surface area contributed by atoms with E-state index < -0.39 is 0 Å². The minimum atomic E-state index is 0.122. The van der Waals surface area contributed by atoms with Crippen molar-refractivity contribution in [2.45, 2.75) is 47.0 Å². The van der Waals surface area contributed by atoms with Gasteiger partial charge < -0.3 is 14.2 Å². The van der Waals surface area contributed by atoms with Crippen LogP contribution in [0.1, 0.15) is 52.7 Å². The molecule has 0 unspecified atom stereocenters. The number of H-pyrrole nitrogens is 1. The molecule has 1 aliphatic rings. The lowest BCUT2D eigenvalue weighted by Crippen LogP contribution is -1.98. The Morgan fingerprint density at radius 1 is 1.03 bits per heavy atom. The zero-order chi connectivity index (χ0) is 23.7. The molecule has 0 spiro atoms. The fourth-order valence-corrected chi connectivity index (χ4v) is 3.63. The molecule has 0 radical (unpaired) electrons. The Balaban J connectivity index is 0.00000176. The van der Waals surface area contributed by atoms with Crippen LogP contribution in [-0.2, 0) is 4.79 Å². The summed E-state index contributed by atoms with van der Waals surface area (Å²) >= 11 is 0. The van der Waals surface area contributed by atoms with Gasteiger partial charge in [-0.2, -0.15) is 5.10 Å². The number of allylic oxidation sites excluding steroid dienone is 5. The van der Waals surface area contributed by atoms with E-state index in [1.54, 1.807) is 21.3 Å². The van der Waals surface area contributed by atoms with E-state index in [9.17, 15) is 4.79 Å². The second-order valence-corrected chi connectivity index (χ2v) is 6.97. The number of ether oxygens (including phenoxy) is 3. The number of hydrogen-bond donors (Lipinski definition) is 1. The predicted octanol–water partition coefficient (Wildman–Crippen LogP) is 6.16. The first-order valence-electron chi connectivity index (χ1n) is 11.1. The Hall–Kier alpha value is -3.28. The van der Waals surface area contributed by atoms with Crippen molar-refractivity contribution in [3.63, 3.8) is 0 Å². The number of carbonyl (C=O) groups is 1. The van der Waals surface area contributed by atoms with Gasteiger partial charge in [-0.1, -0.05) is 39.8 Å². The molecular weight excluding hydrogens is 404 g/mol. The molecular formula is C26H34N2O4. The first-order valence-corrected chi connectivity index (χ1v) is 11.1. The Morgan fingerprint density at radius 2 is 1.69 bits per heavy atom. The van der Waals surface area contributed by atoms with Crippen LogP contribution in [0.3, 0.4) is 0 Å². The summed E-state index contributed by atoms with van der Waals surface area (Å²) in [5.74, 6) is 1.77. The second kappa shape index (κ2) is 11.9. The van der Waals surface area contributed by atoms with Crippen molar-refractivity contribution in [1.29, 1.82) is 0 Å². The Labute approximate surface area is 191 Å². The largest absolute Gasteiger partial charge is 0.493 e. The zero-order valence-corrected chi connectivity index (χ0v) is 20.2. The van der Waals surface area contributed by atoms with Gasteiger partial charge in [-0.25, -0.2) is 0 Å². The maximum atomic E-state index is 12.8. The summed E-state index contributed by atoms with van der Waals surface area (Å²) in [5.41, 5.74) is 5.11. The standard InChI is InChI=1S/C24H28N2O4.C2H6/c1-6-8-9-15-10-17(23(27)19(15)7-2)11-18-14-20(26-25-18)16-12-21(28-3)24(30-5)22(13-16)29-4;1-2/h8-9,11-14H,6-7,10H2,1-5H3,(H,25,26);1-2H3/b9-8-,17-11+;. The first kappa shape index (κ1) is 25.0. The lowest BCUT2D eigenvalue weighted by atomic mass is 10.1. The van der Waals surface area contributed by atoms with Crippen LogP contribution < -0.4 is 14.2 Å². The third-order valence-electron chi connectivity index (χ3n) is 5.13. The van der Waals surface area contributed by atoms with Crippen LogP contribution in [0.15, 0.2) is 47.1 Å². The number of aromatic amines is 1. The van der Waals surface area contributed by atoms with E-state index in [2.05, 4.69) is 29.3 Å². The number of methoxy groups -OCH3 is 3. The number of nitrogens with one attached hydrogen (secondary N) is 1. The molecule has 1 aliphatic carbocycles. The van der Waals surface area contributed by atoms with E-state index in [0.29, 0.717) is 23.7 Å². The summed E-state index contributed by atoms with van der Waals surface area (Å²) < 4.78 is 16.2. The van der Waals surface area contributed by atoms with E-state index >= 15 is 0 Å². The van der Waals surface area contributed by atoms with Crippen LogP contribution in [0.25, 0.3) is 17.3 Å². The van der Waals surface area contributed by atoms with Gasteiger partial charge in [-0.05, 0) is 42.7 Å². The Morgan fingerprint density at radius 3 is 2.22 bits per heavy atom. The van der Waals surface area contributed by atoms with Crippen molar-refractivity contribution in [3.8, 4) is 28.5 Å². The quantitative estimate of drug-likeness (QED) is 0.500. The number of benzene rings is 1. The summed E-state index contributed by atoms with van der Waals surface area (Å²) in [6.07, 6.45) is 8.40. The average Bonchev–Trinajstić information content (AvgIpc) is 3.42. The SMILES string of the molecule is CC.CC/C=C\C1=C(CC)C(=O)/C(=C/c2cc(-c3cc(OC)c(OC)c(OC)c3)n[nH]2)C1. The van der Waals surface area contributed by atoms with E-state index in [-0.39, 0.29) is 5.78 Å². The monoisotopic (exact) mass is 438 g/mol. The van der Waals surface area contributed by atoms with Crippen molar-refractivity contribution in [2.75, 3.05) is 21.3 Å². The topological polar surface area (TPSA) is 73.4 Å². The molecule has 1 aromatic heterocycles. The molecule has 0 saturated carbocycles. The minimum absolute atomic E-state index is 0.122. The minimum Gasteiger partial charge on any atom is -0.493 e. The van der Waals surface area contributed by atoms with Crippen molar-refractivity contribution in [2.24, 2.45) is 0 Å². The molecule has 0 saturated heterocycles. The molecule has 1 N–H and O–H groups in total. The number of Topliss-reactive ketones (excluding diaryl/α,β-unsaturated/α-hetero) is 1. The number of aromatic nitrogens is 2. The van der Waals surface area contributed by atoms with Crippen LogP contribution in [0.5, 0.6) is 17.2 Å². The van der Waals surface area contributed by atoms with Crippen LogP contribution in [0.4, 0.5) is 0 Å². The fourth-order valence-electron chi connectivity index (χ4n) is 3.63. The van der Waals surface area contributed by atoms with Crippen LogP contribution >= 0.6 is 0 Å². The van der Waals surface area contributed by atoms with E-state index in [4.69, 9.17) is 14.2 Å². The highest BCUT2D eigenvalue weighted by Gasteiger charge is 2.25. The average molecular weight is 439 g/mol. The second-order valence-electron chi connectivity index (χ2n) is 6.97. The maximum absolute atomic E-state index is 12.8. The highest BCUT2D eigenvalue weighted by atomic mass is 16.5. The number of rotatable bonds is 8. The Kier molecular flexibility index (Phi) is 9.32. The molecule has 6 heteroatoms. The van der Waals surface area contributed by atoms with Gasteiger partial charge in [0.2, 0.25) is 5.75 Å². The van der Waals surface area contributed by atoms with Crippen LogP contribution in [0, 0.1) is 0 Å². The molecule has 0 bridgehead atoms. The van der Waals surface area contributed by atoms with E-state index in [1.165, 1.54) is 0 Å². The molecule has 3 rings (SSSR count). The lowest BCUT2D eigenvalue weighted by molar-refractivity contribution is -0.111.